The van der Waals surface area contributed by atoms with E-state index >= 15 is 0 Å². The van der Waals surface area contributed by atoms with Crippen molar-refractivity contribution in [1.82, 2.24) is 10.2 Å². The van der Waals surface area contributed by atoms with E-state index in [-0.39, 0.29) is 12.5 Å². The van der Waals surface area contributed by atoms with Crippen LogP contribution in [0.25, 0.3) is 0 Å². The van der Waals surface area contributed by atoms with Gasteiger partial charge in [0.25, 0.3) is 0 Å². The molecule has 1 unspecified atom stereocenters. The second kappa shape index (κ2) is 12.8. The van der Waals surface area contributed by atoms with Gasteiger partial charge in [-0.1, -0.05) is 38.1 Å². The summed E-state index contributed by atoms with van der Waals surface area (Å²) in [5.74, 6) is -0.0694. The first kappa shape index (κ1) is 27.7. The fourth-order valence-corrected chi connectivity index (χ4v) is 4.94. The maximum atomic E-state index is 13.6. The third-order valence-electron chi connectivity index (χ3n) is 5.25. The molecule has 0 saturated carbocycles. The largest absolute Gasteiger partial charge is 0.497 e. The van der Waals surface area contributed by atoms with Gasteiger partial charge in [-0.05, 0) is 58.6 Å². The molecule has 0 aliphatic rings. The number of rotatable bonds is 12. The molecule has 0 fully saturated rings. The van der Waals surface area contributed by atoms with Gasteiger partial charge in [0.2, 0.25) is 21.8 Å². The smallest absolute Gasteiger partial charge is 0.244 e. The Morgan fingerprint density at radius 3 is 2.26 bits per heavy atom. The summed E-state index contributed by atoms with van der Waals surface area (Å²) in [4.78, 5) is 27.9. The van der Waals surface area contributed by atoms with Gasteiger partial charge >= 0.3 is 0 Å². The van der Waals surface area contributed by atoms with E-state index < -0.39 is 28.5 Å². The van der Waals surface area contributed by atoms with E-state index in [2.05, 4.69) is 21.2 Å². The molecule has 186 valence electrons. The number of hydrogen-bond donors (Lipinski definition) is 1. The molecule has 2 amide bonds. The number of methoxy groups -OCH3 is 1. The van der Waals surface area contributed by atoms with E-state index in [1.165, 1.54) is 4.90 Å². The SMILES string of the molecule is CCCNC(=O)C(CC)N(Cc1ccc(OC)cc1)C(=O)CN(c1ccccc1Br)S(C)(=O)=O. The Hall–Kier alpha value is -2.59. The highest BCUT2D eigenvalue weighted by Gasteiger charge is 2.32. The van der Waals surface area contributed by atoms with E-state index in [9.17, 15) is 18.0 Å². The zero-order valence-corrected chi connectivity index (χ0v) is 22.4. The third-order valence-corrected chi connectivity index (χ3v) is 7.04. The van der Waals surface area contributed by atoms with Crippen LogP contribution in [0.4, 0.5) is 5.69 Å². The highest BCUT2D eigenvalue weighted by Crippen LogP contribution is 2.28. The molecule has 2 aromatic carbocycles. The fraction of sp³-hybridized carbons (Fsp3) is 0.417. The second-order valence-electron chi connectivity index (χ2n) is 7.81. The lowest BCUT2D eigenvalue weighted by Crippen LogP contribution is -2.52. The van der Waals surface area contributed by atoms with E-state index in [0.29, 0.717) is 28.9 Å². The van der Waals surface area contributed by atoms with Crippen LogP contribution in [0, 0.1) is 0 Å². The summed E-state index contributed by atoms with van der Waals surface area (Å²) in [6.07, 6.45) is 2.20. The molecule has 0 spiro atoms. The summed E-state index contributed by atoms with van der Waals surface area (Å²) in [6, 6.07) is 13.2. The van der Waals surface area contributed by atoms with Crippen molar-refractivity contribution in [3.05, 3.63) is 58.6 Å². The van der Waals surface area contributed by atoms with Crippen LogP contribution in [0.5, 0.6) is 5.75 Å². The summed E-state index contributed by atoms with van der Waals surface area (Å²) in [6.45, 7) is 3.98. The lowest BCUT2D eigenvalue weighted by molar-refractivity contribution is -0.140. The highest BCUT2D eigenvalue weighted by molar-refractivity contribution is 9.10. The second-order valence-corrected chi connectivity index (χ2v) is 10.6. The number of hydrogen-bond acceptors (Lipinski definition) is 5. The number of anilines is 1. The Morgan fingerprint density at radius 2 is 1.74 bits per heavy atom. The normalized spacial score (nSPS) is 12.0. The standard InChI is InChI=1S/C24H32BrN3O5S/c1-5-15-26-24(30)21(6-2)27(16-18-11-13-19(33-3)14-12-18)23(29)17-28(34(4,31)32)22-10-8-7-9-20(22)25/h7-14,21H,5-6,15-17H2,1-4H3,(H,26,30). The van der Waals surface area contributed by atoms with Gasteiger partial charge in [0.15, 0.2) is 0 Å². The number of ether oxygens (including phenoxy) is 1. The first-order valence-electron chi connectivity index (χ1n) is 11.0. The van der Waals surface area contributed by atoms with E-state index in [4.69, 9.17) is 4.74 Å². The van der Waals surface area contributed by atoms with E-state index in [0.717, 1.165) is 22.5 Å². The van der Waals surface area contributed by atoms with Crippen LogP contribution in [-0.2, 0) is 26.2 Å². The molecular weight excluding hydrogens is 522 g/mol. The minimum Gasteiger partial charge on any atom is -0.497 e. The summed E-state index contributed by atoms with van der Waals surface area (Å²) >= 11 is 3.37. The van der Waals surface area contributed by atoms with E-state index in [1.54, 1.807) is 43.5 Å². The molecule has 1 atom stereocenters. The zero-order chi connectivity index (χ0) is 25.3. The average molecular weight is 555 g/mol. The Balaban J connectivity index is 2.42. The lowest BCUT2D eigenvalue weighted by atomic mass is 10.1. The van der Waals surface area contributed by atoms with Crippen LogP contribution in [-0.4, -0.2) is 57.6 Å². The topological polar surface area (TPSA) is 96.0 Å². The monoisotopic (exact) mass is 553 g/mol. The van der Waals surface area contributed by atoms with Gasteiger partial charge in [-0.15, -0.1) is 0 Å². The van der Waals surface area contributed by atoms with Crippen molar-refractivity contribution in [2.45, 2.75) is 39.3 Å². The average Bonchev–Trinajstić information content (AvgIpc) is 2.81. The predicted molar refractivity (Wildman–Crippen MR) is 137 cm³/mol. The minimum absolute atomic E-state index is 0.147. The molecule has 2 rings (SSSR count). The Bertz CT molecular complexity index is 1080. The molecule has 0 bridgehead atoms. The number of carbonyl (C=O) groups excluding carboxylic acids is 2. The van der Waals surface area contributed by atoms with Crippen LogP contribution in [0.3, 0.4) is 0 Å². The minimum atomic E-state index is -3.78. The van der Waals surface area contributed by atoms with Crippen molar-refractivity contribution < 1.29 is 22.7 Å². The first-order chi connectivity index (χ1) is 16.1. The molecule has 0 aromatic heterocycles. The summed E-state index contributed by atoms with van der Waals surface area (Å²) < 4.78 is 32.1. The van der Waals surface area contributed by atoms with Crippen molar-refractivity contribution >= 4 is 43.5 Å². The summed E-state index contributed by atoms with van der Waals surface area (Å²) in [7, 11) is -2.21. The Labute approximate surface area is 210 Å². The van der Waals surface area contributed by atoms with Crippen LogP contribution in [0.15, 0.2) is 53.0 Å². The van der Waals surface area contributed by atoms with Crippen LogP contribution in [0.1, 0.15) is 32.3 Å². The maximum absolute atomic E-state index is 13.6. The molecule has 0 saturated heterocycles. The molecular formula is C24H32BrN3O5S. The van der Waals surface area contributed by atoms with E-state index in [1.807, 2.05) is 26.0 Å². The van der Waals surface area contributed by atoms with Gasteiger partial charge in [0.1, 0.15) is 18.3 Å². The molecule has 34 heavy (non-hydrogen) atoms. The maximum Gasteiger partial charge on any atom is 0.244 e. The van der Waals surface area contributed by atoms with Crippen LogP contribution >= 0.6 is 15.9 Å². The van der Waals surface area contributed by atoms with Gasteiger partial charge < -0.3 is 15.0 Å². The summed E-state index contributed by atoms with van der Waals surface area (Å²) in [5, 5.41) is 2.85. The van der Waals surface area contributed by atoms with Gasteiger partial charge in [-0.3, -0.25) is 13.9 Å². The van der Waals surface area contributed by atoms with Crippen molar-refractivity contribution in [2.24, 2.45) is 0 Å². The highest BCUT2D eigenvalue weighted by atomic mass is 79.9. The predicted octanol–water partition coefficient (Wildman–Crippen LogP) is 3.56. The molecule has 0 heterocycles. The molecule has 10 heteroatoms. The van der Waals surface area contributed by atoms with Gasteiger partial charge in [0, 0.05) is 17.6 Å². The number of halogens is 1. The van der Waals surface area contributed by atoms with Crippen molar-refractivity contribution in [2.75, 3.05) is 30.8 Å². The number of amides is 2. The summed E-state index contributed by atoms with van der Waals surface area (Å²) in [5.41, 5.74) is 1.15. The van der Waals surface area contributed by atoms with Crippen molar-refractivity contribution in [1.29, 1.82) is 0 Å². The fourth-order valence-electron chi connectivity index (χ4n) is 3.46. The Kier molecular flexibility index (Phi) is 10.4. The zero-order valence-electron chi connectivity index (χ0n) is 20.0. The number of nitrogens with one attached hydrogen (secondary N) is 1. The van der Waals surface area contributed by atoms with Gasteiger partial charge in [-0.2, -0.15) is 0 Å². The molecule has 0 aliphatic carbocycles. The van der Waals surface area contributed by atoms with Crippen molar-refractivity contribution in [3.63, 3.8) is 0 Å². The number of benzene rings is 2. The Morgan fingerprint density at radius 1 is 1.09 bits per heavy atom. The molecule has 0 radical (unpaired) electrons. The van der Waals surface area contributed by atoms with Gasteiger partial charge in [0.05, 0.1) is 19.1 Å². The number of sulfonamides is 1. The molecule has 0 aliphatic heterocycles. The first-order valence-corrected chi connectivity index (χ1v) is 13.7. The van der Waals surface area contributed by atoms with Crippen molar-refractivity contribution in [3.8, 4) is 5.75 Å². The van der Waals surface area contributed by atoms with Crippen LogP contribution in [0.2, 0.25) is 0 Å². The quantitative estimate of drug-likeness (QED) is 0.433. The number of para-hydroxylation sites is 1. The van der Waals surface area contributed by atoms with Gasteiger partial charge in [-0.25, -0.2) is 8.42 Å². The third kappa shape index (κ3) is 7.46. The lowest BCUT2D eigenvalue weighted by Gasteiger charge is -2.33. The molecule has 2 aromatic rings. The van der Waals surface area contributed by atoms with Crippen LogP contribution < -0.4 is 14.4 Å². The number of nitrogens with zero attached hydrogens (tertiary/aromatic N) is 2. The molecule has 1 N–H and O–H groups in total. The number of carbonyl (C=O) groups is 2. The molecule has 8 nitrogen and oxygen atoms in total.